The van der Waals surface area contributed by atoms with Gasteiger partial charge in [0.25, 0.3) is 0 Å². The van der Waals surface area contributed by atoms with Crippen LogP contribution >= 0.6 is 0 Å². The molecule has 0 bridgehead atoms. The number of primary amides is 1. The summed E-state index contributed by atoms with van der Waals surface area (Å²) in [7, 11) is 0. The van der Waals surface area contributed by atoms with Crippen LogP contribution in [0.5, 0.6) is 0 Å². The van der Waals surface area contributed by atoms with E-state index in [2.05, 4.69) is 6.08 Å². The van der Waals surface area contributed by atoms with E-state index < -0.39 is 17.8 Å². The molecule has 19 heavy (non-hydrogen) atoms. The number of carboxylic acids is 1. The van der Waals surface area contributed by atoms with E-state index in [1.807, 2.05) is 4.90 Å². The predicted octanol–water partition coefficient (Wildman–Crippen LogP) is 1.38. The highest BCUT2D eigenvalue weighted by atomic mass is 16.4. The lowest BCUT2D eigenvalue weighted by Gasteiger charge is -2.24. The van der Waals surface area contributed by atoms with Gasteiger partial charge < -0.3 is 10.8 Å². The van der Waals surface area contributed by atoms with E-state index in [0.29, 0.717) is 13.1 Å². The van der Waals surface area contributed by atoms with Crippen molar-refractivity contribution in [2.24, 2.45) is 11.7 Å². The van der Waals surface area contributed by atoms with Gasteiger partial charge >= 0.3 is 5.97 Å². The van der Waals surface area contributed by atoms with Gasteiger partial charge in [-0.3, -0.25) is 14.5 Å². The zero-order valence-electron chi connectivity index (χ0n) is 11.6. The molecule has 0 saturated heterocycles. The van der Waals surface area contributed by atoms with Crippen LogP contribution in [0.2, 0.25) is 0 Å². The highest BCUT2D eigenvalue weighted by molar-refractivity contribution is 5.76. The molecule has 1 amide bonds. The van der Waals surface area contributed by atoms with E-state index in [-0.39, 0.29) is 6.54 Å². The van der Waals surface area contributed by atoms with Gasteiger partial charge in [-0.05, 0) is 32.1 Å². The van der Waals surface area contributed by atoms with Crippen molar-refractivity contribution in [3.05, 3.63) is 11.6 Å². The minimum Gasteiger partial charge on any atom is -0.481 e. The summed E-state index contributed by atoms with van der Waals surface area (Å²) in [6.45, 7) is 2.85. The molecule has 0 fully saturated rings. The Bertz CT molecular complexity index is 353. The van der Waals surface area contributed by atoms with Crippen molar-refractivity contribution in [2.45, 2.75) is 39.0 Å². The average Bonchev–Trinajstić information content (AvgIpc) is 2.36. The van der Waals surface area contributed by atoms with Crippen molar-refractivity contribution in [1.82, 2.24) is 4.90 Å². The summed E-state index contributed by atoms with van der Waals surface area (Å²) in [4.78, 5) is 23.7. The van der Waals surface area contributed by atoms with Crippen LogP contribution in [-0.4, -0.2) is 41.5 Å². The highest BCUT2D eigenvalue weighted by Crippen LogP contribution is 2.20. The molecule has 1 unspecified atom stereocenters. The fraction of sp³-hybridized carbons (Fsp3) is 0.714. The monoisotopic (exact) mass is 268 g/mol. The van der Waals surface area contributed by atoms with Gasteiger partial charge in [-0.15, -0.1) is 0 Å². The lowest BCUT2D eigenvalue weighted by Crippen LogP contribution is -2.39. The third-order valence-electron chi connectivity index (χ3n) is 3.47. The van der Waals surface area contributed by atoms with Crippen molar-refractivity contribution in [3.63, 3.8) is 0 Å². The second-order valence-electron chi connectivity index (χ2n) is 5.30. The fourth-order valence-corrected chi connectivity index (χ4v) is 2.35. The number of allylic oxidation sites excluding steroid dienone is 1. The van der Waals surface area contributed by atoms with Crippen molar-refractivity contribution < 1.29 is 14.7 Å². The van der Waals surface area contributed by atoms with Crippen LogP contribution < -0.4 is 5.73 Å². The zero-order chi connectivity index (χ0) is 14.3. The number of rotatable bonds is 8. The van der Waals surface area contributed by atoms with Gasteiger partial charge in [0.2, 0.25) is 5.91 Å². The normalized spacial score (nSPS) is 17.1. The summed E-state index contributed by atoms with van der Waals surface area (Å²) in [6, 6.07) is 0. The highest BCUT2D eigenvalue weighted by Gasteiger charge is 2.18. The zero-order valence-corrected chi connectivity index (χ0v) is 11.6. The topological polar surface area (TPSA) is 83.6 Å². The third-order valence-corrected chi connectivity index (χ3v) is 3.47. The maximum atomic E-state index is 11.0. The molecule has 1 aliphatic rings. The van der Waals surface area contributed by atoms with Crippen molar-refractivity contribution in [3.8, 4) is 0 Å². The molecule has 5 heteroatoms. The lowest BCUT2D eigenvalue weighted by molar-refractivity contribution is -0.142. The summed E-state index contributed by atoms with van der Waals surface area (Å²) in [5.74, 6) is -1.73. The fourth-order valence-electron chi connectivity index (χ4n) is 2.35. The number of nitrogens with zero attached hydrogens (tertiary/aromatic N) is 1. The van der Waals surface area contributed by atoms with Gasteiger partial charge in [0.15, 0.2) is 0 Å². The molecule has 0 heterocycles. The van der Waals surface area contributed by atoms with E-state index in [4.69, 9.17) is 10.8 Å². The Morgan fingerprint density at radius 1 is 1.47 bits per heavy atom. The molecule has 0 aromatic carbocycles. The molecule has 0 aromatic rings. The Hall–Kier alpha value is -1.36. The van der Waals surface area contributed by atoms with Crippen LogP contribution in [0.1, 0.15) is 39.0 Å². The summed E-state index contributed by atoms with van der Waals surface area (Å²) in [5.41, 5.74) is 6.63. The molecular formula is C14H24N2O3. The van der Waals surface area contributed by atoms with Gasteiger partial charge in [0.05, 0.1) is 12.5 Å². The van der Waals surface area contributed by atoms with E-state index in [0.717, 1.165) is 19.3 Å². The van der Waals surface area contributed by atoms with Crippen molar-refractivity contribution >= 4 is 11.9 Å². The summed E-state index contributed by atoms with van der Waals surface area (Å²) in [6.07, 6.45) is 7.92. The molecule has 1 rings (SSSR count). The second kappa shape index (κ2) is 7.94. The molecule has 108 valence electrons. The minimum absolute atomic E-state index is 0.130. The van der Waals surface area contributed by atoms with Gasteiger partial charge in [-0.1, -0.05) is 18.6 Å². The first-order valence-corrected chi connectivity index (χ1v) is 6.90. The van der Waals surface area contributed by atoms with Gasteiger partial charge in [0, 0.05) is 13.1 Å². The van der Waals surface area contributed by atoms with Crippen LogP contribution in [0.4, 0.5) is 0 Å². The maximum Gasteiger partial charge on any atom is 0.307 e. The number of amides is 1. The number of carbonyl (C=O) groups is 2. The van der Waals surface area contributed by atoms with Gasteiger partial charge in [-0.25, -0.2) is 0 Å². The Labute approximate surface area is 114 Å². The standard InChI is InChI=1S/C14H24N2O3/c1-11(14(18)19)9-16(10-13(15)17)8-7-12-5-3-2-4-6-12/h5,11H,2-4,6-10H2,1H3,(H2,15,17)(H,18,19). The Kier molecular flexibility index (Phi) is 6.56. The maximum absolute atomic E-state index is 11.0. The van der Waals surface area contributed by atoms with E-state index in [9.17, 15) is 9.59 Å². The molecule has 0 saturated carbocycles. The Balaban J connectivity index is 2.46. The molecule has 0 spiro atoms. The molecule has 3 N–H and O–H groups in total. The number of hydrogen-bond donors (Lipinski definition) is 2. The van der Waals surface area contributed by atoms with Crippen LogP contribution in [0.25, 0.3) is 0 Å². The van der Waals surface area contributed by atoms with Crippen LogP contribution in [0.15, 0.2) is 11.6 Å². The molecule has 1 aliphatic carbocycles. The SMILES string of the molecule is CC(CN(CCC1=CCCCC1)CC(N)=O)C(=O)O. The number of hydrogen-bond acceptors (Lipinski definition) is 3. The van der Waals surface area contributed by atoms with Crippen LogP contribution in [-0.2, 0) is 9.59 Å². The quantitative estimate of drug-likeness (QED) is 0.651. The largest absolute Gasteiger partial charge is 0.481 e. The summed E-state index contributed by atoms with van der Waals surface area (Å²) in [5, 5.41) is 8.93. The van der Waals surface area contributed by atoms with E-state index in [1.54, 1.807) is 6.92 Å². The molecule has 5 nitrogen and oxygen atoms in total. The van der Waals surface area contributed by atoms with E-state index >= 15 is 0 Å². The molecular weight excluding hydrogens is 244 g/mol. The Morgan fingerprint density at radius 2 is 2.21 bits per heavy atom. The molecule has 0 aliphatic heterocycles. The third kappa shape index (κ3) is 6.38. The minimum atomic E-state index is -0.841. The number of carboxylic acid groups (broad SMARTS) is 1. The first-order valence-electron chi connectivity index (χ1n) is 6.90. The van der Waals surface area contributed by atoms with Crippen molar-refractivity contribution in [1.29, 1.82) is 0 Å². The number of aliphatic carboxylic acids is 1. The lowest BCUT2D eigenvalue weighted by atomic mass is 9.97. The predicted molar refractivity (Wildman–Crippen MR) is 73.6 cm³/mol. The number of carbonyl (C=O) groups excluding carboxylic acids is 1. The molecule has 1 atom stereocenters. The molecule has 0 aromatic heterocycles. The first kappa shape index (κ1) is 15.7. The van der Waals surface area contributed by atoms with Crippen LogP contribution in [0.3, 0.4) is 0 Å². The van der Waals surface area contributed by atoms with E-state index in [1.165, 1.54) is 18.4 Å². The van der Waals surface area contributed by atoms with Gasteiger partial charge in [-0.2, -0.15) is 0 Å². The second-order valence-corrected chi connectivity index (χ2v) is 5.30. The summed E-state index contributed by atoms with van der Waals surface area (Å²) >= 11 is 0. The smallest absolute Gasteiger partial charge is 0.307 e. The Morgan fingerprint density at radius 3 is 2.74 bits per heavy atom. The number of nitrogens with two attached hydrogens (primary N) is 1. The average molecular weight is 268 g/mol. The molecule has 0 radical (unpaired) electrons. The van der Waals surface area contributed by atoms with Crippen LogP contribution in [0, 0.1) is 5.92 Å². The van der Waals surface area contributed by atoms with Crippen molar-refractivity contribution in [2.75, 3.05) is 19.6 Å². The first-order chi connectivity index (χ1) is 8.99. The summed E-state index contributed by atoms with van der Waals surface area (Å²) < 4.78 is 0. The van der Waals surface area contributed by atoms with Gasteiger partial charge in [0.1, 0.15) is 0 Å².